The Bertz CT molecular complexity index is 524. The van der Waals surface area contributed by atoms with E-state index in [0.29, 0.717) is 12.2 Å². The summed E-state index contributed by atoms with van der Waals surface area (Å²) in [5.41, 5.74) is 1.69. The number of sulfonamides is 1. The summed E-state index contributed by atoms with van der Waals surface area (Å²) in [6.45, 7) is 10.3. The Balaban J connectivity index is 2.86. The van der Waals surface area contributed by atoms with Gasteiger partial charge in [-0.1, -0.05) is 45.9 Å². The molecule has 0 saturated carbocycles. The maximum absolute atomic E-state index is 12.3. The summed E-state index contributed by atoms with van der Waals surface area (Å²) in [4.78, 5) is 0. The van der Waals surface area contributed by atoms with Crippen molar-refractivity contribution < 1.29 is 8.42 Å². The highest BCUT2D eigenvalue weighted by molar-refractivity contribution is 7.93. The van der Waals surface area contributed by atoms with E-state index in [4.69, 9.17) is 0 Å². The smallest absolute Gasteiger partial charge is 0.236 e. The van der Waals surface area contributed by atoms with E-state index in [2.05, 4.69) is 23.9 Å². The minimum Gasteiger partial charge on any atom is -0.313 e. The van der Waals surface area contributed by atoms with Crippen LogP contribution < -0.4 is 10.0 Å². The lowest BCUT2D eigenvalue weighted by molar-refractivity contribution is 0.553. The molecule has 1 aromatic rings. The zero-order chi connectivity index (χ0) is 15.3. The van der Waals surface area contributed by atoms with Crippen molar-refractivity contribution in [3.8, 4) is 0 Å². The van der Waals surface area contributed by atoms with E-state index in [-0.39, 0.29) is 12.0 Å². The molecule has 0 radical (unpaired) electrons. The molecular formula is C15H26N2O2S. The first-order valence-corrected chi connectivity index (χ1v) is 8.62. The molecule has 0 aliphatic heterocycles. The summed E-state index contributed by atoms with van der Waals surface area (Å²) in [5.74, 6) is 0.276. The molecule has 2 N–H and O–H groups in total. The van der Waals surface area contributed by atoms with Gasteiger partial charge in [0.25, 0.3) is 0 Å². The van der Waals surface area contributed by atoms with Crippen LogP contribution in [0.3, 0.4) is 0 Å². The SMILES string of the molecule is CC(C)NCC(C)S(=O)(=O)Nc1ccccc1C(C)C. The zero-order valence-electron chi connectivity index (χ0n) is 13.0. The van der Waals surface area contributed by atoms with Gasteiger partial charge < -0.3 is 5.32 Å². The van der Waals surface area contributed by atoms with Crippen LogP contribution in [0.1, 0.15) is 46.1 Å². The van der Waals surface area contributed by atoms with Crippen molar-refractivity contribution in [2.75, 3.05) is 11.3 Å². The number of hydrogen-bond donors (Lipinski definition) is 2. The molecule has 0 saturated heterocycles. The number of benzene rings is 1. The standard InChI is InChI=1S/C15H26N2O2S/c1-11(2)14-8-6-7-9-15(14)17-20(18,19)13(5)10-16-12(3)4/h6-9,11-13,16-17H,10H2,1-5H3. The van der Waals surface area contributed by atoms with Gasteiger partial charge in [0.2, 0.25) is 10.0 Å². The van der Waals surface area contributed by atoms with Gasteiger partial charge in [-0.3, -0.25) is 4.72 Å². The van der Waals surface area contributed by atoms with Crippen molar-refractivity contribution in [1.29, 1.82) is 0 Å². The molecule has 0 spiro atoms. The van der Waals surface area contributed by atoms with Crippen LogP contribution in [0, 0.1) is 0 Å². The fourth-order valence-corrected chi connectivity index (χ4v) is 2.87. The van der Waals surface area contributed by atoms with E-state index < -0.39 is 15.3 Å². The zero-order valence-corrected chi connectivity index (χ0v) is 13.8. The van der Waals surface area contributed by atoms with Gasteiger partial charge in [-0.2, -0.15) is 0 Å². The molecule has 1 unspecified atom stereocenters. The van der Waals surface area contributed by atoms with Crippen LogP contribution >= 0.6 is 0 Å². The first-order valence-electron chi connectivity index (χ1n) is 7.08. The summed E-state index contributed by atoms with van der Waals surface area (Å²) >= 11 is 0. The normalized spacial score (nSPS) is 13.8. The second-order valence-electron chi connectivity index (χ2n) is 5.76. The molecule has 1 atom stereocenters. The first-order chi connectivity index (χ1) is 9.24. The van der Waals surface area contributed by atoms with Crippen LogP contribution in [0.4, 0.5) is 5.69 Å². The van der Waals surface area contributed by atoms with Crippen molar-refractivity contribution in [1.82, 2.24) is 5.32 Å². The average molecular weight is 298 g/mol. The number of nitrogens with one attached hydrogen (secondary N) is 2. The highest BCUT2D eigenvalue weighted by Crippen LogP contribution is 2.25. The Morgan fingerprint density at radius 3 is 2.20 bits per heavy atom. The third-order valence-corrected chi connectivity index (χ3v) is 4.91. The molecule has 0 fully saturated rings. The van der Waals surface area contributed by atoms with Crippen molar-refractivity contribution in [3.63, 3.8) is 0 Å². The second kappa shape index (κ2) is 7.09. The fraction of sp³-hybridized carbons (Fsp3) is 0.600. The third-order valence-electron chi connectivity index (χ3n) is 3.18. The monoisotopic (exact) mass is 298 g/mol. The van der Waals surface area contributed by atoms with Crippen LogP contribution in [-0.4, -0.2) is 26.3 Å². The Kier molecular flexibility index (Phi) is 6.02. The highest BCUT2D eigenvalue weighted by atomic mass is 32.2. The van der Waals surface area contributed by atoms with Gasteiger partial charge in [0.15, 0.2) is 0 Å². The molecule has 0 aromatic heterocycles. The maximum atomic E-state index is 12.3. The van der Waals surface area contributed by atoms with Crippen LogP contribution in [-0.2, 0) is 10.0 Å². The molecule has 0 heterocycles. The van der Waals surface area contributed by atoms with Crippen LogP contribution in [0.25, 0.3) is 0 Å². The van der Waals surface area contributed by atoms with E-state index in [0.717, 1.165) is 5.56 Å². The molecule has 1 aromatic carbocycles. The van der Waals surface area contributed by atoms with Crippen molar-refractivity contribution in [2.45, 2.75) is 51.8 Å². The van der Waals surface area contributed by atoms with Crippen LogP contribution in [0.2, 0.25) is 0 Å². The molecule has 20 heavy (non-hydrogen) atoms. The lowest BCUT2D eigenvalue weighted by Gasteiger charge is -2.19. The van der Waals surface area contributed by atoms with E-state index in [1.165, 1.54) is 0 Å². The summed E-state index contributed by atoms with van der Waals surface area (Å²) in [5, 5.41) is 2.67. The topological polar surface area (TPSA) is 58.2 Å². The summed E-state index contributed by atoms with van der Waals surface area (Å²) < 4.78 is 27.4. The second-order valence-corrected chi connectivity index (χ2v) is 7.86. The van der Waals surface area contributed by atoms with E-state index in [9.17, 15) is 8.42 Å². The van der Waals surface area contributed by atoms with Crippen LogP contribution in [0.15, 0.2) is 24.3 Å². The molecule has 5 heteroatoms. The number of hydrogen-bond acceptors (Lipinski definition) is 3. The number of rotatable bonds is 7. The quantitative estimate of drug-likeness (QED) is 0.813. The molecule has 0 amide bonds. The molecule has 0 bridgehead atoms. The maximum Gasteiger partial charge on any atom is 0.236 e. The van der Waals surface area contributed by atoms with E-state index >= 15 is 0 Å². The predicted octanol–water partition coefficient (Wildman–Crippen LogP) is 2.94. The Morgan fingerprint density at radius 2 is 1.65 bits per heavy atom. The molecule has 0 aliphatic rings. The minimum absolute atomic E-state index is 0.274. The van der Waals surface area contributed by atoms with E-state index in [1.807, 2.05) is 38.1 Å². The van der Waals surface area contributed by atoms with Gasteiger partial charge in [0.1, 0.15) is 0 Å². The molecule has 114 valence electrons. The summed E-state index contributed by atoms with van der Waals surface area (Å²) in [6.07, 6.45) is 0. The lowest BCUT2D eigenvalue weighted by Crippen LogP contribution is -2.37. The van der Waals surface area contributed by atoms with Gasteiger partial charge >= 0.3 is 0 Å². The largest absolute Gasteiger partial charge is 0.313 e. The summed E-state index contributed by atoms with van der Waals surface area (Å²) in [7, 11) is -3.38. The Hall–Kier alpha value is -1.07. The van der Waals surface area contributed by atoms with Crippen molar-refractivity contribution in [3.05, 3.63) is 29.8 Å². The van der Waals surface area contributed by atoms with Gasteiger partial charge in [-0.05, 0) is 24.5 Å². The Labute approximate surface area is 123 Å². The lowest BCUT2D eigenvalue weighted by atomic mass is 10.0. The minimum atomic E-state index is -3.38. The van der Waals surface area contributed by atoms with Gasteiger partial charge in [0, 0.05) is 12.6 Å². The molecule has 1 rings (SSSR count). The number of para-hydroxylation sites is 1. The fourth-order valence-electron chi connectivity index (χ4n) is 1.86. The molecule has 0 aliphatic carbocycles. The Morgan fingerprint density at radius 1 is 1.05 bits per heavy atom. The van der Waals surface area contributed by atoms with Gasteiger partial charge in [0.05, 0.1) is 10.9 Å². The highest BCUT2D eigenvalue weighted by Gasteiger charge is 2.22. The van der Waals surface area contributed by atoms with Gasteiger partial charge in [-0.15, -0.1) is 0 Å². The third kappa shape index (κ3) is 4.80. The van der Waals surface area contributed by atoms with Crippen LogP contribution in [0.5, 0.6) is 0 Å². The molecular weight excluding hydrogens is 272 g/mol. The summed E-state index contributed by atoms with van der Waals surface area (Å²) in [6, 6.07) is 7.82. The average Bonchev–Trinajstić information content (AvgIpc) is 2.35. The first kappa shape index (κ1) is 17.0. The number of anilines is 1. The van der Waals surface area contributed by atoms with Crippen molar-refractivity contribution in [2.24, 2.45) is 0 Å². The van der Waals surface area contributed by atoms with E-state index in [1.54, 1.807) is 6.92 Å². The van der Waals surface area contributed by atoms with Crippen molar-refractivity contribution >= 4 is 15.7 Å². The van der Waals surface area contributed by atoms with Gasteiger partial charge in [-0.25, -0.2) is 8.42 Å². The predicted molar refractivity (Wildman–Crippen MR) is 85.7 cm³/mol. The molecule has 4 nitrogen and oxygen atoms in total.